The van der Waals surface area contributed by atoms with Gasteiger partial charge in [-0.1, -0.05) is 30.7 Å². The van der Waals surface area contributed by atoms with Crippen LogP contribution in [0.25, 0.3) is 0 Å². The number of piperidine rings is 1. The highest BCUT2D eigenvalue weighted by Crippen LogP contribution is 2.23. The second kappa shape index (κ2) is 8.35. The average Bonchev–Trinajstić information content (AvgIpc) is 2.54. The van der Waals surface area contributed by atoms with Crippen LogP contribution in [-0.2, 0) is 9.53 Å². The van der Waals surface area contributed by atoms with Crippen molar-refractivity contribution in [2.24, 2.45) is 11.8 Å². The van der Waals surface area contributed by atoms with E-state index in [0.717, 1.165) is 5.56 Å². The van der Waals surface area contributed by atoms with Crippen molar-refractivity contribution in [2.75, 3.05) is 26.8 Å². The zero-order valence-corrected chi connectivity index (χ0v) is 14.6. The van der Waals surface area contributed by atoms with Gasteiger partial charge in [-0.15, -0.1) is 0 Å². The molecule has 132 valence electrons. The summed E-state index contributed by atoms with van der Waals surface area (Å²) in [5, 5.41) is 12.8. The number of carbonyl (C=O) groups excluding carboxylic acids is 1. The van der Waals surface area contributed by atoms with Crippen molar-refractivity contribution < 1.29 is 19.4 Å². The van der Waals surface area contributed by atoms with E-state index in [1.807, 2.05) is 19.1 Å². The Bertz CT molecular complexity index is 578. The number of hydrogen-bond acceptors (Lipinski definition) is 3. The first-order valence-electron chi connectivity index (χ1n) is 7.93. The Kier molecular flexibility index (Phi) is 6.45. The number of aliphatic carboxylic acids is 1. The number of hydrogen-bond donors (Lipinski definition) is 2. The molecule has 2 rings (SSSR count). The van der Waals surface area contributed by atoms with Crippen molar-refractivity contribution in [2.45, 2.75) is 19.4 Å². The monoisotopic (exact) mass is 354 g/mol. The number of halogens is 1. The van der Waals surface area contributed by atoms with Crippen LogP contribution in [0.15, 0.2) is 24.3 Å². The second-order valence-electron chi connectivity index (χ2n) is 6.29. The summed E-state index contributed by atoms with van der Waals surface area (Å²) < 4.78 is 5.20. The van der Waals surface area contributed by atoms with Crippen molar-refractivity contribution in [3.8, 4) is 0 Å². The number of carboxylic acids is 1. The third kappa shape index (κ3) is 4.85. The number of rotatable bonds is 5. The summed E-state index contributed by atoms with van der Waals surface area (Å²) >= 11 is 5.90. The maximum absolute atomic E-state index is 12.6. The van der Waals surface area contributed by atoms with E-state index in [1.54, 1.807) is 24.1 Å². The van der Waals surface area contributed by atoms with Gasteiger partial charge in [-0.2, -0.15) is 0 Å². The van der Waals surface area contributed by atoms with Gasteiger partial charge in [0.2, 0.25) is 0 Å². The number of amides is 2. The summed E-state index contributed by atoms with van der Waals surface area (Å²) in [7, 11) is 1.57. The summed E-state index contributed by atoms with van der Waals surface area (Å²) in [4.78, 5) is 25.4. The van der Waals surface area contributed by atoms with Gasteiger partial charge < -0.3 is 20.1 Å². The Morgan fingerprint density at radius 2 is 2.04 bits per heavy atom. The highest BCUT2D eigenvalue weighted by atomic mass is 35.5. The number of nitrogens with zero attached hydrogens (tertiary/aromatic N) is 1. The summed E-state index contributed by atoms with van der Waals surface area (Å²) in [6, 6.07) is 6.60. The third-order valence-electron chi connectivity index (χ3n) is 4.20. The molecular formula is C17H23ClN2O4. The number of likely N-dealkylation sites (tertiary alicyclic amines) is 1. The molecule has 1 saturated heterocycles. The highest BCUT2D eigenvalue weighted by molar-refractivity contribution is 6.30. The molecular weight excluding hydrogens is 332 g/mol. The maximum atomic E-state index is 12.6. The Morgan fingerprint density at radius 1 is 1.38 bits per heavy atom. The number of carbonyl (C=O) groups is 2. The lowest BCUT2D eigenvalue weighted by Gasteiger charge is -2.35. The quantitative estimate of drug-likeness (QED) is 0.852. The lowest BCUT2D eigenvalue weighted by Crippen LogP contribution is -2.50. The van der Waals surface area contributed by atoms with Crippen molar-refractivity contribution in [1.29, 1.82) is 0 Å². The third-order valence-corrected chi connectivity index (χ3v) is 4.45. The van der Waals surface area contributed by atoms with Crippen LogP contribution in [0.5, 0.6) is 0 Å². The first-order valence-corrected chi connectivity index (χ1v) is 8.31. The van der Waals surface area contributed by atoms with Crippen LogP contribution < -0.4 is 5.32 Å². The fraction of sp³-hybridized carbons (Fsp3) is 0.529. The molecule has 1 aliphatic heterocycles. The van der Waals surface area contributed by atoms with Crippen molar-refractivity contribution in [1.82, 2.24) is 10.2 Å². The molecule has 2 N–H and O–H groups in total. The van der Waals surface area contributed by atoms with Crippen molar-refractivity contribution >= 4 is 23.6 Å². The van der Waals surface area contributed by atoms with E-state index in [1.165, 1.54) is 0 Å². The molecule has 1 aliphatic rings. The van der Waals surface area contributed by atoms with Gasteiger partial charge >= 0.3 is 12.0 Å². The summed E-state index contributed by atoms with van der Waals surface area (Å²) in [6.45, 7) is 3.06. The molecule has 1 heterocycles. The van der Waals surface area contributed by atoms with Gasteiger partial charge in [0.1, 0.15) is 0 Å². The largest absolute Gasteiger partial charge is 0.481 e. The van der Waals surface area contributed by atoms with Crippen LogP contribution in [0.4, 0.5) is 4.79 Å². The second-order valence-corrected chi connectivity index (χ2v) is 6.73. The van der Waals surface area contributed by atoms with Gasteiger partial charge in [-0.25, -0.2) is 4.79 Å². The number of nitrogens with one attached hydrogen (secondary N) is 1. The SMILES string of the molecule is COCC(NC(=O)N1CC(C)CC(C(=O)O)C1)c1ccc(Cl)cc1. The lowest BCUT2D eigenvalue weighted by atomic mass is 9.91. The van der Waals surface area contributed by atoms with Gasteiger partial charge in [0.15, 0.2) is 0 Å². The van der Waals surface area contributed by atoms with E-state index in [4.69, 9.17) is 16.3 Å². The molecule has 1 fully saturated rings. The molecule has 24 heavy (non-hydrogen) atoms. The summed E-state index contributed by atoms with van der Waals surface area (Å²) in [5.74, 6) is -1.22. The lowest BCUT2D eigenvalue weighted by molar-refractivity contribution is -0.143. The number of benzene rings is 1. The fourth-order valence-corrected chi connectivity index (χ4v) is 3.15. The van der Waals surface area contributed by atoms with E-state index in [9.17, 15) is 14.7 Å². The smallest absolute Gasteiger partial charge is 0.317 e. The molecule has 3 unspecified atom stereocenters. The molecule has 1 aromatic carbocycles. The van der Waals surface area contributed by atoms with E-state index < -0.39 is 11.9 Å². The van der Waals surface area contributed by atoms with Gasteiger partial charge in [-0.05, 0) is 30.0 Å². The number of ether oxygens (including phenoxy) is 1. The molecule has 0 aliphatic carbocycles. The normalized spacial score (nSPS) is 22.0. The predicted molar refractivity (Wildman–Crippen MR) is 91.1 cm³/mol. The Balaban J connectivity index is 2.06. The minimum atomic E-state index is -0.856. The molecule has 0 bridgehead atoms. The Hall–Kier alpha value is -1.79. The molecule has 7 heteroatoms. The maximum Gasteiger partial charge on any atom is 0.317 e. The zero-order valence-electron chi connectivity index (χ0n) is 13.9. The van der Waals surface area contributed by atoms with Crippen LogP contribution in [-0.4, -0.2) is 48.8 Å². The van der Waals surface area contributed by atoms with Crippen LogP contribution in [0.2, 0.25) is 5.02 Å². The first-order chi connectivity index (χ1) is 11.4. The number of carboxylic acid groups (broad SMARTS) is 1. The molecule has 3 atom stereocenters. The molecule has 1 aromatic rings. The number of urea groups is 1. The zero-order chi connectivity index (χ0) is 17.7. The standard InChI is InChI=1S/C17H23ClN2O4/c1-11-7-13(16(21)22)9-20(8-11)17(23)19-15(10-24-2)12-3-5-14(18)6-4-12/h3-6,11,13,15H,7-10H2,1-2H3,(H,19,23)(H,21,22). The van der Waals surface area contributed by atoms with Crippen LogP contribution in [0.3, 0.4) is 0 Å². The minimum absolute atomic E-state index is 0.155. The minimum Gasteiger partial charge on any atom is -0.481 e. The van der Waals surface area contributed by atoms with Gasteiger partial charge in [0.05, 0.1) is 18.6 Å². The molecule has 2 amide bonds. The fourth-order valence-electron chi connectivity index (χ4n) is 3.02. The summed E-state index contributed by atoms with van der Waals surface area (Å²) in [6.07, 6.45) is 0.595. The van der Waals surface area contributed by atoms with E-state index >= 15 is 0 Å². The van der Waals surface area contributed by atoms with Crippen LogP contribution in [0.1, 0.15) is 24.9 Å². The van der Waals surface area contributed by atoms with Crippen LogP contribution >= 0.6 is 11.6 Å². The molecule has 0 radical (unpaired) electrons. The molecule has 6 nitrogen and oxygen atoms in total. The first kappa shape index (κ1) is 18.5. The molecule has 0 spiro atoms. The highest BCUT2D eigenvalue weighted by Gasteiger charge is 2.32. The Labute approximate surface area is 146 Å². The van der Waals surface area contributed by atoms with Gasteiger partial charge in [0, 0.05) is 25.2 Å². The van der Waals surface area contributed by atoms with Crippen LogP contribution in [0, 0.1) is 11.8 Å². The Morgan fingerprint density at radius 3 is 2.62 bits per heavy atom. The van der Waals surface area contributed by atoms with E-state index in [0.29, 0.717) is 24.6 Å². The predicted octanol–water partition coefficient (Wildman–Crippen LogP) is 2.78. The van der Waals surface area contributed by atoms with E-state index in [2.05, 4.69) is 5.32 Å². The number of methoxy groups -OCH3 is 1. The average molecular weight is 355 g/mol. The van der Waals surface area contributed by atoms with Crippen molar-refractivity contribution in [3.05, 3.63) is 34.9 Å². The van der Waals surface area contributed by atoms with Gasteiger partial charge in [0.25, 0.3) is 0 Å². The van der Waals surface area contributed by atoms with Gasteiger partial charge in [-0.3, -0.25) is 4.79 Å². The summed E-state index contributed by atoms with van der Waals surface area (Å²) in [5.41, 5.74) is 0.884. The van der Waals surface area contributed by atoms with Crippen molar-refractivity contribution in [3.63, 3.8) is 0 Å². The molecule has 0 aromatic heterocycles. The molecule has 0 saturated carbocycles. The topological polar surface area (TPSA) is 78.9 Å². The van der Waals surface area contributed by atoms with E-state index in [-0.39, 0.29) is 24.5 Å².